The molecule has 27 heavy (non-hydrogen) atoms. The molecule has 3 aromatic rings. The molecule has 0 amide bonds. The summed E-state index contributed by atoms with van der Waals surface area (Å²) < 4.78 is 18.9. The fourth-order valence-electron chi connectivity index (χ4n) is 2.98. The Morgan fingerprint density at radius 2 is 1.59 bits per heavy atom. The van der Waals surface area contributed by atoms with Crippen LogP contribution in [-0.2, 0) is 13.2 Å². The van der Waals surface area contributed by atoms with Crippen molar-refractivity contribution < 1.29 is 14.2 Å². The maximum atomic E-state index is 13.0. The molecule has 0 heterocycles. The molecule has 4 heteroatoms. The molecule has 3 nitrogen and oxygen atoms in total. The first-order valence-electron chi connectivity index (χ1n) is 9.04. The lowest BCUT2D eigenvalue weighted by atomic mass is 10.1. The van der Waals surface area contributed by atoms with Crippen LogP contribution in [0.15, 0.2) is 78.9 Å². The molecule has 0 aliphatic heterocycles. The van der Waals surface area contributed by atoms with Crippen LogP contribution < -0.4 is 9.64 Å². The van der Waals surface area contributed by atoms with E-state index in [4.69, 9.17) is 4.74 Å². The van der Waals surface area contributed by atoms with Crippen molar-refractivity contribution in [3.8, 4) is 11.5 Å². The maximum Gasteiger partial charge on any atom is 0.129 e. The quantitative estimate of drug-likeness (QED) is 0.585. The number of nitrogens with zero attached hydrogens (tertiary/aromatic N) is 1. The van der Waals surface area contributed by atoms with Gasteiger partial charge in [0.25, 0.3) is 0 Å². The molecule has 0 fully saturated rings. The Hall–Kier alpha value is -2.85. The zero-order chi connectivity index (χ0) is 19.1. The highest BCUT2D eigenvalue weighted by atomic mass is 19.1. The summed E-state index contributed by atoms with van der Waals surface area (Å²) in [5.74, 6) is 1.50. The Balaban J connectivity index is 1.82. The first-order valence-corrected chi connectivity index (χ1v) is 9.04. The highest BCUT2D eigenvalue weighted by Gasteiger charge is 2.12. The van der Waals surface area contributed by atoms with E-state index in [0.717, 1.165) is 22.7 Å². The zero-order valence-corrected chi connectivity index (χ0v) is 15.4. The molecular weight excluding hydrogens is 341 g/mol. The average Bonchev–Trinajstić information content (AvgIpc) is 2.68. The van der Waals surface area contributed by atoms with E-state index in [1.165, 1.54) is 0 Å². The van der Waals surface area contributed by atoms with Gasteiger partial charge in [-0.3, -0.25) is 0 Å². The van der Waals surface area contributed by atoms with Gasteiger partial charge in [0, 0.05) is 24.8 Å². The monoisotopic (exact) mass is 365 g/mol. The van der Waals surface area contributed by atoms with Crippen LogP contribution in [0.4, 0.5) is 10.1 Å². The van der Waals surface area contributed by atoms with Crippen molar-refractivity contribution in [2.45, 2.75) is 26.2 Å². The minimum Gasteiger partial charge on any atom is -0.457 e. The number of para-hydroxylation sites is 1. The molecule has 0 aromatic heterocycles. The fourth-order valence-corrected chi connectivity index (χ4v) is 2.98. The summed E-state index contributed by atoms with van der Waals surface area (Å²) in [6.07, 6.45) is -0.493. The number of aliphatic hydroxyl groups is 1. The lowest BCUT2D eigenvalue weighted by Crippen LogP contribution is -2.30. The van der Waals surface area contributed by atoms with Crippen molar-refractivity contribution in [3.63, 3.8) is 0 Å². The third-order valence-corrected chi connectivity index (χ3v) is 4.17. The van der Waals surface area contributed by atoms with Crippen molar-refractivity contribution in [1.82, 2.24) is 0 Å². The van der Waals surface area contributed by atoms with Gasteiger partial charge in [0.1, 0.15) is 18.2 Å². The third-order valence-electron chi connectivity index (χ3n) is 4.17. The van der Waals surface area contributed by atoms with Gasteiger partial charge in [-0.2, -0.15) is 0 Å². The van der Waals surface area contributed by atoms with Crippen molar-refractivity contribution in [2.24, 2.45) is 0 Å². The minimum atomic E-state index is -0.493. The second kappa shape index (κ2) is 9.19. The van der Waals surface area contributed by atoms with Gasteiger partial charge in [0.2, 0.25) is 0 Å². The Labute approximate surface area is 159 Å². The topological polar surface area (TPSA) is 32.7 Å². The summed E-state index contributed by atoms with van der Waals surface area (Å²) in [6.45, 7) is 2.32. The van der Waals surface area contributed by atoms with E-state index in [1.807, 2.05) is 72.8 Å². The second-order valence-electron chi connectivity index (χ2n) is 6.60. The lowest BCUT2D eigenvalue weighted by molar-refractivity contribution is 0.199. The highest BCUT2D eigenvalue weighted by molar-refractivity contribution is 5.52. The zero-order valence-electron chi connectivity index (χ0n) is 15.4. The van der Waals surface area contributed by atoms with Crippen molar-refractivity contribution >= 4 is 5.69 Å². The lowest BCUT2D eigenvalue weighted by Gasteiger charge is -2.27. The summed E-state index contributed by atoms with van der Waals surface area (Å²) >= 11 is 0. The van der Waals surface area contributed by atoms with Gasteiger partial charge >= 0.3 is 0 Å². The predicted octanol–water partition coefficient (Wildman–Crippen LogP) is 5.34. The summed E-state index contributed by atoms with van der Waals surface area (Å²) in [5.41, 5.74) is 2.60. The van der Waals surface area contributed by atoms with E-state index in [9.17, 15) is 9.50 Å². The molecule has 1 N–H and O–H groups in total. The van der Waals surface area contributed by atoms with Gasteiger partial charge in [-0.25, -0.2) is 4.39 Å². The largest absolute Gasteiger partial charge is 0.457 e. The van der Waals surface area contributed by atoms with Crippen LogP contribution >= 0.6 is 0 Å². The number of hydrogen-bond acceptors (Lipinski definition) is 3. The van der Waals surface area contributed by atoms with E-state index >= 15 is 0 Å². The van der Waals surface area contributed by atoms with E-state index in [0.29, 0.717) is 18.7 Å². The Morgan fingerprint density at radius 1 is 0.889 bits per heavy atom. The number of alkyl halides is 1. The molecule has 0 saturated heterocycles. The molecule has 140 valence electrons. The van der Waals surface area contributed by atoms with Crippen molar-refractivity contribution in [2.75, 3.05) is 11.4 Å². The summed E-state index contributed by atoms with van der Waals surface area (Å²) in [7, 11) is 0. The number of rotatable bonds is 8. The molecule has 0 aliphatic rings. The van der Waals surface area contributed by atoms with Crippen LogP contribution in [0.3, 0.4) is 0 Å². The number of benzene rings is 3. The predicted molar refractivity (Wildman–Crippen MR) is 107 cm³/mol. The van der Waals surface area contributed by atoms with Crippen LogP contribution in [0.5, 0.6) is 11.5 Å². The molecule has 0 saturated carbocycles. The number of anilines is 1. The Morgan fingerprint density at radius 3 is 2.33 bits per heavy atom. The van der Waals surface area contributed by atoms with Gasteiger partial charge in [0.15, 0.2) is 0 Å². The molecule has 3 rings (SSSR count). The van der Waals surface area contributed by atoms with E-state index in [1.54, 1.807) is 13.0 Å². The SMILES string of the molecule is C[C@H](O)CN(Cc1cccc(CF)c1)c1cccc(Oc2ccccc2)c1. The van der Waals surface area contributed by atoms with E-state index < -0.39 is 12.8 Å². The first-order chi connectivity index (χ1) is 13.1. The van der Waals surface area contributed by atoms with Gasteiger partial charge in [0.05, 0.1) is 6.10 Å². The first kappa shape index (κ1) is 18.9. The smallest absolute Gasteiger partial charge is 0.129 e. The van der Waals surface area contributed by atoms with Crippen molar-refractivity contribution in [3.05, 3.63) is 90.0 Å². The van der Waals surface area contributed by atoms with Crippen LogP contribution in [0.1, 0.15) is 18.1 Å². The van der Waals surface area contributed by atoms with Gasteiger partial charge < -0.3 is 14.7 Å². The summed E-state index contributed by atoms with van der Waals surface area (Å²) in [4.78, 5) is 2.07. The molecule has 0 bridgehead atoms. The Bertz CT molecular complexity index is 852. The number of hydrogen-bond donors (Lipinski definition) is 1. The third kappa shape index (κ3) is 5.56. The van der Waals surface area contributed by atoms with E-state index in [-0.39, 0.29) is 0 Å². The number of ether oxygens (including phenoxy) is 1. The molecule has 0 spiro atoms. The van der Waals surface area contributed by atoms with Crippen LogP contribution in [-0.4, -0.2) is 17.8 Å². The molecule has 1 atom stereocenters. The van der Waals surface area contributed by atoms with Gasteiger partial charge in [-0.1, -0.05) is 48.5 Å². The molecule has 0 radical (unpaired) electrons. The molecule has 0 aliphatic carbocycles. The minimum absolute atomic E-state index is 0.467. The van der Waals surface area contributed by atoms with Crippen LogP contribution in [0, 0.1) is 0 Å². The van der Waals surface area contributed by atoms with E-state index in [2.05, 4.69) is 4.90 Å². The summed E-state index contributed by atoms with van der Waals surface area (Å²) in [6, 6.07) is 24.8. The van der Waals surface area contributed by atoms with Crippen LogP contribution in [0.2, 0.25) is 0 Å². The van der Waals surface area contributed by atoms with Crippen LogP contribution in [0.25, 0.3) is 0 Å². The molecule has 0 unspecified atom stereocenters. The fraction of sp³-hybridized carbons (Fsp3) is 0.217. The van der Waals surface area contributed by atoms with Gasteiger partial charge in [-0.15, -0.1) is 0 Å². The summed E-state index contributed by atoms with van der Waals surface area (Å²) in [5, 5.41) is 9.93. The average molecular weight is 365 g/mol. The van der Waals surface area contributed by atoms with Crippen molar-refractivity contribution in [1.29, 1.82) is 0 Å². The number of aliphatic hydroxyl groups excluding tert-OH is 1. The standard InChI is InChI=1S/C23H24FNO2/c1-18(26)16-25(17-20-8-5-7-19(13-20)15-24)21-9-6-12-23(14-21)27-22-10-3-2-4-11-22/h2-14,18,26H,15-17H2,1H3/t18-/m0/s1. The number of halogens is 1. The molecule has 3 aromatic carbocycles. The highest BCUT2D eigenvalue weighted by Crippen LogP contribution is 2.27. The normalized spacial score (nSPS) is 11.8. The van der Waals surface area contributed by atoms with Gasteiger partial charge in [-0.05, 0) is 42.3 Å². The maximum absolute atomic E-state index is 13.0. The Kier molecular flexibility index (Phi) is 6.44. The second-order valence-corrected chi connectivity index (χ2v) is 6.60. The molecular formula is C23H24FNO2.